The molecular formula is C8H24Cl2N7P3. The van der Waals surface area contributed by atoms with E-state index in [-0.39, 0.29) is 0 Å². The highest BCUT2D eigenvalue weighted by Gasteiger charge is 2.40. The molecule has 0 N–H and O–H groups in total. The Balaban J connectivity index is 3.83. The zero-order valence-electron chi connectivity index (χ0n) is 13.2. The second kappa shape index (κ2) is 6.31. The molecule has 1 aliphatic rings. The summed E-state index contributed by atoms with van der Waals surface area (Å²) in [6.45, 7) is -5.07. The Morgan fingerprint density at radius 2 is 0.900 bits per heavy atom. The van der Waals surface area contributed by atoms with Gasteiger partial charge in [0.25, 0.3) is 0 Å². The van der Waals surface area contributed by atoms with E-state index < -0.39 is 20.9 Å². The van der Waals surface area contributed by atoms with Gasteiger partial charge in [-0.1, -0.05) is 0 Å². The SMILES string of the molecule is CN(C)P1(N(C)C)=N[P@@](Cl)(N(C)C)=N[P@@](Cl)(N(C)C)=N1. The second-order valence-corrected chi connectivity index (χ2v) is 16.3. The van der Waals surface area contributed by atoms with E-state index in [0.717, 1.165) is 0 Å². The average Bonchev–Trinajstić information content (AvgIpc) is 2.26. The molecule has 0 aromatic rings. The van der Waals surface area contributed by atoms with Crippen molar-refractivity contribution in [3.05, 3.63) is 0 Å². The van der Waals surface area contributed by atoms with E-state index >= 15 is 0 Å². The number of nitrogens with zero attached hydrogens (tertiary/aromatic N) is 7. The zero-order valence-corrected chi connectivity index (χ0v) is 17.4. The topological polar surface area (TPSA) is 50.0 Å². The van der Waals surface area contributed by atoms with Crippen molar-refractivity contribution in [2.24, 2.45) is 13.5 Å². The van der Waals surface area contributed by atoms with Crippen LogP contribution in [0.15, 0.2) is 13.5 Å². The fourth-order valence-electron chi connectivity index (χ4n) is 1.50. The van der Waals surface area contributed by atoms with Crippen molar-refractivity contribution in [1.82, 2.24) is 18.7 Å². The van der Waals surface area contributed by atoms with Gasteiger partial charge in [0.15, 0.2) is 0 Å². The first-order valence-corrected chi connectivity index (χ1v) is 12.6. The standard InChI is InChI=1S/C8H24Cl2N7P3/c1-14(2)18(9)11-19(10,15(3)4)13-20(12-18,16(5)6)17(7)8/h1-8H3/t18-,19+. The maximum atomic E-state index is 6.75. The first-order valence-electron chi connectivity index (χ1n) is 5.92. The lowest BCUT2D eigenvalue weighted by molar-refractivity contribution is 0.560. The van der Waals surface area contributed by atoms with Gasteiger partial charge in [-0.3, -0.25) is 0 Å². The molecule has 0 bridgehead atoms. The minimum atomic E-state index is -2.54. The normalized spacial score (nSPS) is 33.3. The minimum absolute atomic E-state index is 1.87. The zero-order chi connectivity index (χ0) is 15.9. The Morgan fingerprint density at radius 3 is 1.20 bits per heavy atom. The molecule has 120 valence electrons. The van der Waals surface area contributed by atoms with Crippen molar-refractivity contribution in [2.45, 2.75) is 0 Å². The van der Waals surface area contributed by atoms with Gasteiger partial charge in [0, 0.05) is 0 Å². The Kier molecular flexibility index (Phi) is 6.05. The van der Waals surface area contributed by atoms with E-state index in [1.807, 2.05) is 75.1 Å². The molecule has 1 rings (SSSR count). The number of hydrogen-bond acceptors (Lipinski definition) is 7. The van der Waals surface area contributed by atoms with Crippen molar-refractivity contribution in [3.63, 3.8) is 0 Å². The number of halogens is 2. The Morgan fingerprint density at radius 1 is 0.550 bits per heavy atom. The van der Waals surface area contributed by atoms with Crippen LogP contribution in [0, 0.1) is 0 Å². The van der Waals surface area contributed by atoms with Gasteiger partial charge >= 0.3 is 0 Å². The molecule has 0 fully saturated rings. The summed E-state index contributed by atoms with van der Waals surface area (Å²) in [5.74, 6) is 0. The summed E-state index contributed by atoms with van der Waals surface area (Å²) in [7, 11) is 13.1. The molecular weight excluding hydrogens is 358 g/mol. The molecule has 1 aliphatic heterocycles. The van der Waals surface area contributed by atoms with Crippen LogP contribution in [0.3, 0.4) is 0 Å². The summed E-state index contributed by atoms with van der Waals surface area (Å²) in [6, 6.07) is 0. The lowest BCUT2D eigenvalue weighted by atomic mass is 11.3. The van der Waals surface area contributed by atoms with Gasteiger partial charge in [0.2, 0.25) is 20.9 Å². The maximum Gasteiger partial charge on any atom is 0.239 e. The molecule has 20 heavy (non-hydrogen) atoms. The summed E-state index contributed by atoms with van der Waals surface area (Å²) in [6.07, 6.45) is 0. The predicted molar refractivity (Wildman–Crippen MR) is 94.5 cm³/mol. The number of rotatable bonds is 4. The average molecular weight is 382 g/mol. The van der Waals surface area contributed by atoms with Crippen LogP contribution in [0.25, 0.3) is 0 Å². The first kappa shape index (κ1) is 19.2. The third-order valence-corrected chi connectivity index (χ3v) is 16.8. The van der Waals surface area contributed by atoms with E-state index in [4.69, 9.17) is 31.5 Å². The van der Waals surface area contributed by atoms with Crippen LogP contribution in [0.2, 0.25) is 0 Å². The monoisotopic (exact) mass is 381 g/mol. The lowest BCUT2D eigenvalue weighted by Crippen LogP contribution is -2.22. The molecule has 0 unspecified atom stereocenters. The van der Waals surface area contributed by atoms with Crippen LogP contribution in [-0.4, -0.2) is 75.1 Å². The van der Waals surface area contributed by atoms with Crippen LogP contribution in [0.4, 0.5) is 0 Å². The molecule has 0 amide bonds. The smallest absolute Gasteiger partial charge is 0.239 e. The minimum Gasteiger partial charge on any atom is -0.246 e. The van der Waals surface area contributed by atoms with Crippen molar-refractivity contribution >= 4 is 43.4 Å². The molecule has 0 aliphatic carbocycles. The van der Waals surface area contributed by atoms with Gasteiger partial charge in [0.05, 0.1) is 0 Å². The van der Waals surface area contributed by atoms with E-state index in [2.05, 4.69) is 4.52 Å². The van der Waals surface area contributed by atoms with Crippen LogP contribution in [0.5, 0.6) is 0 Å². The maximum absolute atomic E-state index is 6.75. The number of hydrogen-bond donors (Lipinski definition) is 0. The summed E-state index contributed by atoms with van der Waals surface area (Å²) in [4.78, 5) is 0. The highest BCUT2D eigenvalue weighted by atomic mass is 35.7. The first-order chi connectivity index (χ1) is 8.89. The summed E-state index contributed by atoms with van der Waals surface area (Å²) in [5.41, 5.74) is 0. The van der Waals surface area contributed by atoms with Gasteiger partial charge in [-0.15, -0.1) is 0 Å². The van der Waals surface area contributed by atoms with E-state index in [0.29, 0.717) is 0 Å². The molecule has 0 spiro atoms. The highest BCUT2D eigenvalue weighted by molar-refractivity contribution is 8.02. The quantitative estimate of drug-likeness (QED) is 0.669. The van der Waals surface area contributed by atoms with Crippen molar-refractivity contribution in [2.75, 3.05) is 56.4 Å². The van der Waals surface area contributed by atoms with Gasteiger partial charge in [-0.2, -0.15) is 13.5 Å². The predicted octanol–water partition coefficient (Wildman–Crippen LogP) is 4.56. The van der Waals surface area contributed by atoms with E-state index in [1.165, 1.54) is 0 Å². The van der Waals surface area contributed by atoms with E-state index in [9.17, 15) is 0 Å². The third kappa shape index (κ3) is 3.37. The van der Waals surface area contributed by atoms with E-state index in [1.54, 1.807) is 0 Å². The molecule has 2 atom stereocenters. The largest absolute Gasteiger partial charge is 0.246 e. The highest BCUT2D eigenvalue weighted by Crippen LogP contribution is 2.83. The fourth-order valence-corrected chi connectivity index (χ4v) is 16.0. The Labute approximate surface area is 132 Å². The fraction of sp³-hybridized carbons (Fsp3) is 1.00. The molecule has 1 heterocycles. The molecule has 0 saturated carbocycles. The molecule has 0 radical (unpaired) electrons. The molecule has 0 aromatic heterocycles. The van der Waals surface area contributed by atoms with Crippen molar-refractivity contribution in [3.8, 4) is 0 Å². The van der Waals surface area contributed by atoms with Crippen LogP contribution < -0.4 is 0 Å². The Hall–Kier alpha value is 1.11. The third-order valence-electron chi connectivity index (χ3n) is 2.79. The summed E-state index contributed by atoms with van der Waals surface area (Å²) in [5, 5.41) is 0. The van der Waals surface area contributed by atoms with Crippen LogP contribution >= 0.6 is 43.4 Å². The van der Waals surface area contributed by atoms with Crippen molar-refractivity contribution < 1.29 is 0 Å². The molecule has 7 nitrogen and oxygen atoms in total. The van der Waals surface area contributed by atoms with Crippen LogP contribution in [0.1, 0.15) is 0 Å². The summed E-state index contributed by atoms with van der Waals surface area (Å²) < 4.78 is 22.2. The van der Waals surface area contributed by atoms with Gasteiger partial charge in [0.1, 0.15) is 0 Å². The molecule has 12 heteroatoms. The van der Waals surface area contributed by atoms with Crippen LogP contribution in [-0.2, 0) is 0 Å². The van der Waals surface area contributed by atoms with Gasteiger partial charge in [-0.25, -0.2) is 18.7 Å². The molecule has 0 saturated heterocycles. The lowest BCUT2D eigenvalue weighted by Gasteiger charge is -2.40. The second-order valence-electron chi connectivity index (χ2n) is 5.18. The van der Waals surface area contributed by atoms with Gasteiger partial charge in [-0.05, 0) is 78.9 Å². The molecule has 0 aromatic carbocycles. The summed E-state index contributed by atoms with van der Waals surface area (Å²) >= 11 is 13.5. The van der Waals surface area contributed by atoms with Crippen molar-refractivity contribution in [1.29, 1.82) is 0 Å². The Bertz CT molecular complexity index is 515. The van der Waals surface area contributed by atoms with Gasteiger partial charge < -0.3 is 0 Å².